The minimum absolute atomic E-state index is 0.0886. The predicted octanol–water partition coefficient (Wildman–Crippen LogP) is 5.26. The summed E-state index contributed by atoms with van der Waals surface area (Å²) < 4.78 is 0. The van der Waals surface area contributed by atoms with Crippen molar-refractivity contribution in [3.8, 4) is 0 Å². The van der Waals surface area contributed by atoms with Gasteiger partial charge in [-0.3, -0.25) is 10.1 Å². The Kier molecular flexibility index (Phi) is 7.50. The number of unbranched alkanes of at least 4 members (excludes halogenated alkanes) is 1. The Labute approximate surface area is 157 Å². The zero-order valence-electron chi connectivity index (χ0n) is 14.5. The van der Waals surface area contributed by atoms with Gasteiger partial charge in [0.1, 0.15) is 5.69 Å². The smallest absolute Gasteiger partial charge is 0.271 e. The van der Waals surface area contributed by atoms with E-state index in [-0.39, 0.29) is 17.3 Å². The van der Waals surface area contributed by atoms with Gasteiger partial charge < -0.3 is 10.0 Å². The molecular weight excluding hydrogens is 356 g/mol. The molecular formula is C18H21ClN4O3. The number of anilines is 1. The summed E-state index contributed by atoms with van der Waals surface area (Å²) in [5.74, 6) is 0. The number of non-ortho nitro benzene ring substituents is 1. The lowest BCUT2D eigenvalue weighted by molar-refractivity contribution is -0.384. The van der Waals surface area contributed by atoms with Gasteiger partial charge in [0, 0.05) is 30.9 Å². The summed E-state index contributed by atoms with van der Waals surface area (Å²) in [5.41, 5.74) is 1.93. The van der Waals surface area contributed by atoms with E-state index in [0.717, 1.165) is 25.1 Å². The first-order chi connectivity index (χ1) is 12.5. The highest BCUT2D eigenvalue weighted by molar-refractivity contribution is 6.33. The zero-order valence-corrected chi connectivity index (χ0v) is 15.3. The maximum Gasteiger partial charge on any atom is 0.271 e. The van der Waals surface area contributed by atoms with Crippen molar-refractivity contribution >= 4 is 34.4 Å². The van der Waals surface area contributed by atoms with Gasteiger partial charge in [-0.15, -0.1) is 5.11 Å². The van der Waals surface area contributed by atoms with E-state index < -0.39 is 4.92 Å². The first-order valence-electron chi connectivity index (χ1n) is 8.36. The van der Waals surface area contributed by atoms with Gasteiger partial charge in [-0.2, -0.15) is 5.11 Å². The molecule has 0 bridgehead atoms. The number of aliphatic hydroxyl groups is 1. The molecule has 2 aromatic rings. The largest absolute Gasteiger partial charge is 0.395 e. The molecule has 0 unspecified atom stereocenters. The van der Waals surface area contributed by atoms with Crippen LogP contribution in [0.1, 0.15) is 19.8 Å². The fraction of sp³-hybridized carbons (Fsp3) is 0.333. The molecule has 0 saturated carbocycles. The molecule has 0 aliphatic carbocycles. The van der Waals surface area contributed by atoms with Crippen molar-refractivity contribution in [1.82, 2.24) is 0 Å². The minimum Gasteiger partial charge on any atom is -0.395 e. The number of hydrogen-bond donors (Lipinski definition) is 1. The van der Waals surface area contributed by atoms with E-state index in [0.29, 0.717) is 17.9 Å². The Hall–Kier alpha value is -2.51. The van der Waals surface area contributed by atoms with Crippen LogP contribution in [0.3, 0.4) is 0 Å². The lowest BCUT2D eigenvalue weighted by atomic mass is 10.2. The molecule has 1 N–H and O–H groups in total. The van der Waals surface area contributed by atoms with Crippen LogP contribution in [-0.2, 0) is 0 Å². The van der Waals surface area contributed by atoms with Crippen LogP contribution in [0.25, 0.3) is 0 Å². The van der Waals surface area contributed by atoms with E-state index in [4.69, 9.17) is 11.6 Å². The number of nitro benzene ring substituents is 1. The van der Waals surface area contributed by atoms with Crippen molar-refractivity contribution in [2.75, 3.05) is 24.6 Å². The van der Waals surface area contributed by atoms with E-state index in [2.05, 4.69) is 22.1 Å². The predicted molar refractivity (Wildman–Crippen MR) is 103 cm³/mol. The molecule has 0 spiro atoms. The Morgan fingerprint density at radius 3 is 2.46 bits per heavy atom. The molecule has 7 nitrogen and oxygen atoms in total. The molecule has 2 aromatic carbocycles. The van der Waals surface area contributed by atoms with Gasteiger partial charge in [0.25, 0.3) is 5.69 Å². The Morgan fingerprint density at radius 2 is 1.88 bits per heavy atom. The highest BCUT2D eigenvalue weighted by Gasteiger charge is 2.09. The molecule has 0 aromatic heterocycles. The Balaban J connectivity index is 2.10. The summed E-state index contributed by atoms with van der Waals surface area (Å²) in [7, 11) is 0. The Morgan fingerprint density at radius 1 is 1.15 bits per heavy atom. The van der Waals surface area contributed by atoms with Crippen LogP contribution in [0.5, 0.6) is 0 Å². The molecule has 0 saturated heterocycles. The highest BCUT2D eigenvalue weighted by Crippen LogP contribution is 2.30. The van der Waals surface area contributed by atoms with Gasteiger partial charge in [-0.1, -0.05) is 24.9 Å². The molecule has 0 amide bonds. The van der Waals surface area contributed by atoms with E-state index in [9.17, 15) is 15.2 Å². The second-order valence-electron chi connectivity index (χ2n) is 5.67. The van der Waals surface area contributed by atoms with Crippen molar-refractivity contribution in [3.05, 3.63) is 57.6 Å². The highest BCUT2D eigenvalue weighted by atomic mass is 35.5. The molecule has 0 aliphatic rings. The number of hydrogen-bond acceptors (Lipinski definition) is 6. The van der Waals surface area contributed by atoms with Gasteiger partial charge in [0.05, 0.1) is 22.2 Å². The summed E-state index contributed by atoms with van der Waals surface area (Å²) in [6.45, 7) is 3.70. The summed E-state index contributed by atoms with van der Waals surface area (Å²) in [6, 6.07) is 11.6. The average molecular weight is 377 g/mol. The molecule has 138 valence electrons. The third-order valence-electron chi connectivity index (χ3n) is 3.78. The van der Waals surface area contributed by atoms with Crippen molar-refractivity contribution in [2.24, 2.45) is 10.2 Å². The fourth-order valence-corrected chi connectivity index (χ4v) is 2.58. The van der Waals surface area contributed by atoms with E-state index >= 15 is 0 Å². The maximum absolute atomic E-state index is 10.7. The van der Waals surface area contributed by atoms with Crippen LogP contribution in [0, 0.1) is 10.1 Å². The number of aliphatic hydroxyl groups excluding tert-OH is 1. The van der Waals surface area contributed by atoms with Crippen molar-refractivity contribution in [2.45, 2.75) is 19.8 Å². The molecule has 0 radical (unpaired) electrons. The van der Waals surface area contributed by atoms with Crippen molar-refractivity contribution in [3.63, 3.8) is 0 Å². The minimum atomic E-state index is -0.512. The normalized spacial score (nSPS) is 11.0. The number of halogens is 1. The van der Waals surface area contributed by atoms with Gasteiger partial charge >= 0.3 is 0 Å². The molecule has 26 heavy (non-hydrogen) atoms. The Bertz CT molecular complexity index is 766. The molecule has 0 heterocycles. The second kappa shape index (κ2) is 9.84. The fourth-order valence-electron chi connectivity index (χ4n) is 2.37. The maximum atomic E-state index is 10.7. The van der Waals surface area contributed by atoms with Crippen molar-refractivity contribution in [1.29, 1.82) is 0 Å². The second-order valence-corrected chi connectivity index (χ2v) is 6.08. The van der Waals surface area contributed by atoms with Crippen LogP contribution in [0.2, 0.25) is 5.02 Å². The van der Waals surface area contributed by atoms with E-state index in [1.54, 1.807) is 0 Å². The third kappa shape index (κ3) is 5.50. The number of nitro groups is 1. The lowest BCUT2D eigenvalue weighted by Crippen LogP contribution is -2.27. The van der Waals surface area contributed by atoms with E-state index in [1.165, 1.54) is 18.2 Å². The standard InChI is InChI=1S/C18H21ClN4O3/c1-2-3-10-22(11-12-24)15-6-4-14(5-7-15)20-21-18-9-8-16(23(25)26)13-17(18)19/h4-9,13,24H,2-3,10-12H2,1H3. The summed E-state index contributed by atoms with van der Waals surface area (Å²) in [6.07, 6.45) is 2.14. The molecule has 0 fully saturated rings. The average Bonchev–Trinajstić information content (AvgIpc) is 2.64. The summed E-state index contributed by atoms with van der Waals surface area (Å²) in [5, 5.41) is 28.3. The van der Waals surface area contributed by atoms with Gasteiger partial charge in [0.15, 0.2) is 0 Å². The van der Waals surface area contributed by atoms with Gasteiger partial charge in [0.2, 0.25) is 0 Å². The zero-order chi connectivity index (χ0) is 18.9. The monoisotopic (exact) mass is 376 g/mol. The number of rotatable bonds is 9. The number of azo groups is 1. The molecule has 8 heteroatoms. The first kappa shape index (κ1) is 19.8. The summed E-state index contributed by atoms with van der Waals surface area (Å²) >= 11 is 6.00. The number of nitrogens with zero attached hydrogens (tertiary/aromatic N) is 4. The molecule has 0 aliphatic heterocycles. The van der Waals surface area contributed by atoms with Gasteiger partial charge in [-0.25, -0.2) is 0 Å². The topological polar surface area (TPSA) is 91.3 Å². The molecule has 2 rings (SSSR count). The van der Waals surface area contributed by atoms with Crippen LogP contribution >= 0.6 is 11.6 Å². The van der Waals surface area contributed by atoms with E-state index in [1.807, 2.05) is 24.3 Å². The quantitative estimate of drug-likeness (QED) is 0.367. The van der Waals surface area contributed by atoms with Crippen LogP contribution < -0.4 is 4.90 Å². The number of benzene rings is 2. The van der Waals surface area contributed by atoms with Crippen molar-refractivity contribution < 1.29 is 10.0 Å². The lowest BCUT2D eigenvalue weighted by Gasteiger charge is -2.23. The first-order valence-corrected chi connectivity index (χ1v) is 8.74. The third-order valence-corrected chi connectivity index (χ3v) is 4.08. The summed E-state index contributed by atoms with van der Waals surface area (Å²) in [4.78, 5) is 12.3. The SMILES string of the molecule is CCCCN(CCO)c1ccc(N=Nc2ccc([N+](=O)[O-])cc2Cl)cc1. The van der Waals surface area contributed by atoms with Gasteiger partial charge in [-0.05, 0) is 36.8 Å². The van der Waals surface area contributed by atoms with Crippen LogP contribution in [0.15, 0.2) is 52.7 Å². The van der Waals surface area contributed by atoms with Crippen LogP contribution in [-0.4, -0.2) is 29.7 Å². The molecule has 0 atom stereocenters. The van der Waals surface area contributed by atoms with Crippen LogP contribution in [0.4, 0.5) is 22.7 Å².